The molecule has 17 heteroatoms. The van der Waals surface area contributed by atoms with Gasteiger partial charge in [0.05, 0.1) is 16.1 Å². The van der Waals surface area contributed by atoms with Crippen LogP contribution in [0.4, 0.5) is 36.8 Å². The highest BCUT2D eigenvalue weighted by atomic mass is 32.2. The molecule has 3 amide bonds. The number of alkyl halides is 6. The van der Waals surface area contributed by atoms with Gasteiger partial charge in [-0.1, -0.05) is 30.3 Å². The number of nitrogens with zero attached hydrogens (tertiary/aromatic N) is 3. The number of benzene rings is 3. The number of imide groups is 1. The Hall–Kier alpha value is -5.19. The van der Waals surface area contributed by atoms with E-state index in [9.17, 15) is 54.3 Å². The summed E-state index contributed by atoms with van der Waals surface area (Å²) in [6, 6.07) is 12.2. The minimum atomic E-state index is -5.82. The lowest BCUT2D eigenvalue weighted by atomic mass is 9.84. The largest absolute Gasteiger partial charge is 0.508 e. The number of sulfone groups is 1. The Morgan fingerprint density at radius 2 is 1.54 bits per heavy atom. The lowest BCUT2D eigenvalue weighted by Gasteiger charge is -2.28. The third kappa shape index (κ3) is 5.92. The topological polar surface area (TPSA) is 134 Å². The first-order valence-corrected chi connectivity index (χ1v) is 14.5. The molecule has 1 N–H and O–H groups in total. The zero-order chi connectivity index (χ0) is 33.6. The van der Waals surface area contributed by atoms with Gasteiger partial charge in [-0.3, -0.25) is 9.78 Å². The second-order valence-corrected chi connectivity index (χ2v) is 11.9. The SMILES string of the molecule is O=C1[C@@H]([C@H](Cc2ccc(O)cc2)c2ccnc3ccccc23)N(OC(=O)C(F)(F)F)C(=O)N1c1ccc(S(=O)(=O)C(F)(F)F)cc1. The van der Waals surface area contributed by atoms with Gasteiger partial charge in [0, 0.05) is 17.5 Å². The first-order valence-electron chi connectivity index (χ1n) is 13.0. The van der Waals surface area contributed by atoms with E-state index in [1.54, 1.807) is 24.3 Å². The van der Waals surface area contributed by atoms with E-state index in [0.717, 1.165) is 0 Å². The Morgan fingerprint density at radius 3 is 2.15 bits per heavy atom. The molecule has 2 heterocycles. The van der Waals surface area contributed by atoms with Gasteiger partial charge in [0.15, 0.2) is 6.04 Å². The Morgan fingerprint density at radius 1 is 0.913 bits per heavy atom. The number of hydrogen-bond donors (Lipinski definition) is 1. The second-order valence-electron chi connectivity index (χ2n) is 9.94. The zero-order valence-electron chi connectivity index (χ0n) is 22.9. The maximum Gasteiger partial charge on any atom is 0.501 e. The van der Waals surface area contributed by atoms with Crippen LogP contribution in [-0.4, -0.2) is 59.2 Å². The van der Waals surface area contributed by atoms with Crippen molar-refractivity contribution in [3.63, 3.8) is 0 Å². The van der Waals surface area contributed by atoms with Crippen LogP contribution >= 0.6 is 0 Å². The zero-order valence-corrected chi connectivity index (χ0v) is 23.7. The molecule has 5 rings (SSSR count). The molecule has 1 fully saturated rings. The highest BCUT2D eigenvalue weighted by Crippen LogP contribution is 2.39. The van der Waals surface area contributed by atoms with Crippen molar-refractivity contribution >= 4 is 44.3 Å². The predicted octanol–water partition coefficient (Wildman–Crippen LogP) is 5.42. The monoisotopic (exact) mass is 667 g/mol. The molecule has 0 unspecified atom stereocenters. The second kappa shape index (κ2) is 11.6. The van der Waals surface area contributed by atoms with Crippen LogP contribution in [-0.2, 0) is 30.7 Å². The normalized spacial score (nSPS) is 16.6. The quantitative estimate of drug-likeness (QED) is 0.204. The fourth-order valence-electron chi connectivity index (χ4n) is 4.98. The van der Waals surface area contributed by atoms with Gasteiger partial charge in [0.1, 0.15) is 5.75 Å². The number of para-hydroxylation sites is 1. The summed E-state index contributed by atoms with van der Waals surface area (Å²) in [6.45, 7) is 0. The number of halogens is 6. The van der Waals surface area contributed by atoms with E-state index in [-0.39, 0.29) is 22.1 Å². The molecule has 0 bridgehead atoms. The van der Waals surface area contributed by atoms with Gasteiger partial charge in [0.2, 0.25) is 0 Å². The van der Waals surface area contributed by atoms with Crippen LogP contribution in [0.3, 0.4) is 0 Å². The van der Waals surface area contributed by atoms with Crippen LogP contribution in [0.15, 0.2) is 90.0 Å². The molecule has 1 aliphatic heterocycles. The fraction of sp³-hybridized carbons (Fsp3) is 0.172. The summed E-state index contributed by atoms with van der Waals surface area (Å²) in [5, 5.41) is 10.1. The number of aromatic nitrogens is 1. The third-order valence-corrected chi connectivity index (χ3v) is 8.59. The Labute approximate surface area is 255 Å². The Kier molecular flexibility index (Phi) is 8.14. The van der Waals surface area contributed by atoms with Crippen LogP contribution in [0.2, 0.25) is 0 Å². The molecule has 2 atom stereocenters. The number of carbonyl (C=O) groups excluding carboxylic acids is 3. The molecular weight excluding hydrogens is 648 g/mol. The highest BCUT2D eigenvalue weighted by Gasteiger charge is 2.55. The number of urea groups is 1. The van der Waals surface area contributed by atoms with Crippen LogP contribution in [0.1, 0.15) is 17.0 Å². The summed E-state index contributed by atoms with van der Waals surface area (Å²) < 4.78 is 103. The highest BCUT2D eigenvalue weighted by molar-refractivity contribution is 7.92. The molecular formula is C29H19F6N3O7S. The average molecular weight is 668 g/mol. The molecule has 1 aromatic heterocycles. The van der Waals surface area contributed by atoms with Crippen molar-refractivity contribution in [3.8, 4) is 5.75 Å². The average Bonchev–Trinajstić information content (AvgIpc) is 3.24. The number of carbonyl (C=O) groups is 3. The van der Waals surface area contributed by atoms with E-state index in [2.05, 4.69) is 9.82 Å². The maximum absolute atomic E-state index is 14.0. The predicted molar refractivity (Wildman–Crippen MR) is 147 cm³/mol. The molecule has 0 spiro atoms. The van der Waals surface area contributed by atoms with Crippen LogP contribution < -0.4 is 4.90 Å². The first kappa shape index (κ1) is 32.2. The van der Waals surface area contributed by atoms with Crippen molar-refractivity contribution in [2.75, 3.05) is 4.90 Å². The summed E-state index contributed by atoms with van der Waals surface area (Å²) in [5.41, 5.74) is -5.05. The summed E-state index contributed by atoms with van der Waals surface area (Å²) in [5.74, 6) is -5.44. The Balaban J connectivity index is 1.66. The van der Waals surface area contributed by atoms with E-state index in [1.807, 2.05) is 0 Å². The smallest absolute Gasteiger partial charge is 0.501 e. The number of aromatic hydroxyl groups is 1. The lowest BCUT2D eigenvalue weighted by molar-refractivity contribution is -0.231. The number of phenols is 1. The van der Waals surface area contributed by atoms with E-state index in [1.165, 1.54) is 36.5 Å². The van der Waals surface area contributed by atoms with Crippen molar-refractivity contribution in [1.82, 2.24) is 10.0 Å². The number of hydroxylamine groups is 2. The fourth-order valence-corrected chi connectivity index (χ4v) is 5.74. The van der Waals surface area contributed by atoms with E-state index < -0.39 is 62.0 Å². The van der Waals surface area contributed by atoms with Crippen LogP contribution in [0, 0.1) is 0 Å². The number of anilines is 1. The molecule has 0 radical (unpaired) electrons. The van der Waals surface area contributed by atoms with E-state index in [0.29, 0.717) is 46.3 Å². The van der Waals surface area contributed by atoms with Gasteiger partial charge in [0.25, 0.3) is 15.7 Å². The van der Waals surface area contributed by atoms with Gasteiger partial charge in [-0.2, -0.15) is 26.3 Å². The summed E-state index contributed by atoms with van der Waals surface area (Å²) in [7, 11) is -5.82. The van der Waals surface area contributed by atoms with Crippen LogP contribution in [0.5, 0.6) is 5.75 Å². The van der Waals surface area contributed by atoms with Crippen molar-refractivity contribution in [2.24, 2.45) is 0 Å². The molecule has 0 saturated carbocycles. The molecule has 3 aromatic carbocycles. The lowest BCUT2D eigenvalue weighted by Crippen LogP contribution is -2.44. The molecule has 0 aliphatic carbocycles. The van der Waals surface area contributed by atoms with Gasteiger partial charge < -0.3 is 9.94 Å². The third-order valence-electron chi connectivity index (χ3n) is 7.08. The number of hydrogen-bond acceptors (Lipinski definition) is 8. The number of phenolic OH excluding ortho intramolecular Hbond substituents is 1. The number of fused-ring (bicyclic) bond motifs is 1. The van der Waals surface area contributed by atoms with Crippen LogP contribution in [0.25, 0.3) is 10.9 Å². The summed E-state index contributed by atoms with van der Waals surface area (Å²) in [4.78, 5) is 47.4. The molecule has 1 aliphatic rings. The number of amides is 3. The Bertz CT molecular complexity index is 1930. The number of rotatable bonds is 7. The van der Waals surface area contributed by atoms with Gasteiger partial charge in [-0.25, -0.2) is 22.9 Å². The minimum Gasteiger partial charge on any atom is -0.508 e. The summed E-state index contributed by atoms with van der Waals surface area (Å²) >= 11 is 0. The minimum absolute atomic E-state index is 0.0567. The van der Waals surface area contributed by atoms with Crippen molar-refractivity contribution in [1.29, 1.82) is 0 Å². The first-order chi connectivity index (χ1) is 21.5. The molecule has 46 heavy (non-hydrogen) atoms. The van der Waals surface area contributed by atoms with Crippen molar-refractivity contribution in [3.05, 3.63) is 96.2 Å². The molecule has 1 saturated heterocycles. The maximum atomic E-state index is 14.0. The van der Waals surface area contributed by atoms with E-state index in [4.69, 9.17) is 0 Å². The molecule has 4 aromatic rings. The van der Waals surface area contributed by atoms with Gasteiger partial charge >= 0.3 is 23.7 Å². The van der Waals surface area contributed by atoms with Crippen molar-refractivity contribution < 1.29 is 59.1 Å². The van der Waals surface area contributed by atoms with Crippen molar-refractivity contribution in [2.45, 2.75) is 35.0 Å². The summed E-state index contributed by atoms with van der Waals surface area (Å²) in [6.07, 6.45) is -4.42. The van der Waals surface area contributed by atoms with Gasteiger partial charge in [-0.05, 0) is 66.1 Å². The number of pyridine rings is 1. The van der Waals surface area contributed by atoms with Gasteiger partial charge in [-0.15, -0.1) is 5.06 Å². The standard InChI is InChI=1S/C29H19F6N3O7S/c30-28(31,32)26(41)45-38-24(25(40)37(27(38)42)17-7-11-19(12-8-17)46(43,44)29(33,34)35)22(15-16-5-9-18(39)10-6-16)20-13-14-36-23-4-2-1-3-21(20)23/h1-14,22,24,39H,15H2/t22-,24-/m1/s1. The molecule has 10 nitrogen and oxygen atoms in total. The molecule has 240 valence electrons. The van der Waals surface area contributed by atoms with E-state index >= 15 is 0 Å².